The van der Waals surface area contributed by atoms with E-state index in [1.165, 1.54) is 5.56 Å². The summed E-state index contributed by atoms with van der Waals surface area (Å²) in [7, 11) is 2.12. The molecule has 0 spiro atoms. The minimum Gasteiger partial charge on any atom is -0.360 e. The molecule has 1 aliphatic heterocycles. The van der Waals surface area contributed by atoms with Gasteiger partial charge in [0.05, 0.1) is 5.69 Å². The summed E-state index contributed by atoms with van der Waals surface area (Å²) in [6.45, 7) is 6.77. The molecule has 0 amide bonds. The smallest absolute Gasteiger partial charge is 0.148 e. The van der Waals surface area contributed by atoms with E-state index in [0.717, 1.165) is 31.0 Å². The Balaban J connectivity index is 2.38. The first kappa shape index (κ1) is 10.6. The largest absolute Gasteiger partial charge is 0.360 e. The maximum Gasteiger partial charge on any atom is 0.148 e. The molecular formula is C11H19N3O. The number of hydrogen-bond acceptors (Lipinski definition) is 4. The highest BCUT2D eigenvalue weighted by Gasteiger charge is 2.31. The molecule has 1 aromatic heterocycles. The third-order valence-corrected chi connectivity index (χ3v) is 3.15. The molecule has 4 nitrogen and oxygen atoms in total. The Bertz CT molecular complexity index is 357. The van der Waals surface area contributed by atoms with Crippen LogP contribution >= 0.6 is 0 Å². The molecule has 0 unspecified atom stereocenters. The molecule has 15 heavy (non-hydrogen) atoms. The standard InChI is InChI=1S/C11H19N3O/c1-11(2,7-12)10-8-6-14(3)5-4-9(8)13-15-10/h4-7,12H2,1-3H3. The third kappa shape index (κ3) is 1.79. The zero-order valence-electron chi connectivity index (χ0n) is 9.71. The zero-order chi connectivity index (χ0) is 11.1. The van der Waals surface area contributed by atoms with Gasteiger partial charge in [-0.2, -0.15) is 0 Å². The van der Waals surface area contributed by atoms with Crippen molar-refractivity contribution in [2.75, 3.05) is 20.1 Å². The average molecular weight is 209 g/mol. The minimum absolute atomic E-state index is 0.112. The topological polar surface area (TPSA) is 55.3 Å². The van der Waals surface area contributed by atoms with Gasteiger partial charge in [0, 0.05) is 37.0 Å². The number of nitrogens with two attached hydrogens (primary N) is 1. The number of fused-ring (bicyclic) bond motifs is 1. The average Bonchev–Trinajstić information content (AvgIpc) is 2.61. The lowest BCUT2D eigenvalue weighted by Crippen LogP contribution is -2.32. The highest BCUT2D eigenvalue weighted by molar-refractivity contribution is 5.30. The summed E-state index contributed by atoms with van der Waals surface area (Å²) in [6, 6.07) is 0. The zero-order valence-corrected chi connectivity index (χ0v) is 9.71. The molecule has 0 aromatic carbocycles. The van der Waals surface area contributed by atoms with E-state index in [1.807, 2.05) is 0 Å². The molecule has 4 heteroatoms. The van der Waals surface area contributed by atoms with Gasteiger partial charge in [-0.25, -0.2) is 0 Å². The molecule has 2 N–H and O–H groups in total. The fourth-order valence-electron chi connectivity index (χ4n) is 1.97. The van der Waals surface area contributed by atoms with Crippen molar-refractivity contribution in [3.05, 3.63) is 17.0 Å². The van der Waals surface area contributed by atoms with E-state index in [0.29, 0.717) is 6.54 Å². The Morgan fingerprint density at radius 3 is 2.93 bits per heavy atom. The van der Waals surface area contributed by atoms with Crippen LogP contribution in [-0.2, 0) is 18.4 Å². The fraction of sp³-hybridized carbons (Fsp3) is 0.727. The Hall–Kier alpha value is -0.870. The van der Waals surface area contributed by atoms with E-state index in [2.05, 4.69) is 31.0 Å². The maximum absolute atomic E-state index is 5.76. The summed E-state index contributed by atoms with van der Waals surface area (Å²) in [5.41, 5.74) is 8.02. The molecule has 2 heterocycles. The van der Waals surface area contributed by atoms with Crippen molar-refractivity contribution >= 4 is 0 Å². The lowest BCUT2D eigenvalue weighted by Gasteiger charge is -2.25. The van der Waals surface area contributed by atoms with Gasteiger partial charge in [-0.05, 0) is 7.05 Å². The van der Waals surface area contributed by atoms with Crippen LogP contribution in [0.3, 0.4) is 0 Å². The first-order valence-electron chi connectivity index (χ1n) is 5.41. The number of likely N-dealkylation sites (N-methyl/N-ethyl adjacent to an activating group) is 1. The van der Waals surface area contributed by atoms with Crippen LogP contribution in [0.1, 0.15) is 30.9 Å². The van der Waals surface area contributed by atoms with Gasteiger partial charge < -0.3 is 15.2 Å². The molecule has 0 saturated heterocycles. The monoisotopic (exact) mass is 209 g/mol. The molecule has 0 bridgehead atoms. The van der Waals surface area contributed by atoms with E-state index in [-0.39, 0.29) is 5.41 Å². The predicted octanol–water partition coefficient (Wildman–Crippen LogP) is 0.899. The van der Waals surface area contributed by atoms with Gasteiger partial charge >= 0.3 is 0 Å². The minimum atomic E-state index is -0.112. The van der Waals surface area contributed by atoms with Crippen molar-refractivity contribution in [2.24, 2.45) is 5.73 Å². The molecule has 0 atom stereocenters. The lowest BCUT2D eigenvalue weighted by molar-refractivity contribution is 0.303. The van der Waals surface area contributed by atoms with Crippen molar-refractivity contribution in [3.63, 3.8) is 0 Å². The molecule has 0 saturated carbocycles. The number of nitrogens with zero attached hydrogens (tertiary/aromatic N) is 2. The van der Waals surface area contributed by atoms with E-state index in [1.54, 1.807) is 0 Å². The van der Waals surface area contributed by atoms with Crippen LogP contribution in [0.5, 0.6) is 0 Å². The highest BCUT2D eigenvalue weighted by Crippen LogP contribution is 2.30. The SMILES string of the molecule is CN1CCc2noc(C(C)(C)CN)c2C1. The first-order chi connectivity index (χ1) is 7.04. The van der Waals surface area contributed by atoms with Gasteiger partial charge in [-0.15, -0.1) is 0 Å². The number of rotatable bonds is 2. The second-order valence-corrected chi connectivity index (χ2v) is 5.01. The Morgan fingerprint density at radius 2 is 2.27 bits per heavy atom. The quantitative estimate of drug-likeness (QED) is 0.786. The summed E-state index contributed by atoms with van der Waals surface area (Å²) < 4.78 is 5.46. The lowest BCUT2D eigenvalue weighted by atomic mass is 9.86. The molecule has 0 radical (unpaired) electrons. The molecule has 1 aliphatic rings. The fourth-order valence-corrected chi connectivity index (χ4v) is 1.97. The van der Waals surface area contributed by atoms with Crippen LogP contribution < -0.4 is 5.73 Å². The summed E-state index contributed by atoms with van der Waals surface area (Å²) in [5.74, 6) is 0.964. The van der Waals surface area contributed by atoms with E-state index in [9.17, 15) is 0 Å². The van der Waals surface area contributed by atoms with Gasteiger partial charge in [0.2, 0.25) is 0 Å². The van der Waals surface area contributed by atoms with Gasteiger partial charge in [-0.3, -0.25) is 0 Å². The summed E-state index contributed by atoms with van der Waals surface area (Å²) in [6.07, 6.45) is 0.982. The number of aromatic nitrogens is 1. The highest BCUT2D eigenvalue weighted by atomic mass is 16.5. The first-order valence-corrected chi connectivity index (χ1v) is 5.41. The predicted molar refractivity (Wildman–Crippen MR) is 58.6 cm³/mol. The van der Waals surface area contributed by atoms with Crippen LogP contribution in [-0.4, -0.2) is 30.2 Å². The van der Waals surface area contributed by atoms with E-state index >= 15 is 0 Å². The van der Waals surface area contributed by atoms with E-state index < -0.39 is 0 Å². The second kappa shape index (κ2) is 3.61. The van der Waals surface area contributed by atoms with Crippen LogP contribution in [0, 0.1) is 0 Å². The Morgan fingerprint density at radius 1 is 1.53 bits per heavy atom. The summed E-state index contributed by atoms with van der Waals surface area (Å²) >= 11 is 0. The van der Waals surface area contributed by atoms with Crippen LogP contribution in [0.2, 0.25) is 0 Å². The third-order valence-electron chi connectivity index (χ3n) is 3.15. The van der Waals surface area contributed by atoms with Crippen molar-refractivity contribution in [2.45, 2.75) is 32.2 Å². The van der Waals surface area contributed by atoms with Gasteiger partial charge in [0.15, 0.2) is 0 Å². The van der Waals surface area contributed by atoms with Crippen molar-refractivity contribution < 1.29 is 4.52 Å². The van der Waals surface area contributed by atoms with Gasteiger partial charge in [-0.1, -0.05) is 19.0 Å². The van der Waals surface area contributed by atoms with Crippen LogP contribution in [0.15, 0.2) is 4.52 Å². The van der Waals surface area contributed by atoms with Crippen molar-refractivity contribution in [3.8, 4) is 0 Å². The molecule has 2 rings (SSSR count). The number of hydrogen-bond donors (Lipinski definition) is 1. The Labute approximate surface area is 90.4 Å². The maximum atomic E-state index is 5.76. The van der Waals surface area contributed by atoms with Crippen LogP contribution in [0.4, 0.5) is 0 Å². The van der Waals surface area contributed by atoms with E-state index in [4.69, 9.17) is 10.3 Å². The second-order valence-electron chi connectivity index (χ2n) is 5.01. The molecule has 0 fully saturated rings. The van der Waals surface area contributed by atoms with Crippen molar-refractivity contribution in [1.29, 1.82) is 0 Å². The van der Waals surface area contributed by atoms with Gasteiger partial charge in [0.25, 0.3) is 0 Å². The summed E-state index contributed by atoms with van der Waals surface area (Å²) in [4.78, 5) is 2.29. The van der Waals surface area contributed by atoms with Gasteiger partial charge in [0.1, 0.15) is 5.76 Å². The summed E-state index contributed by atoms with van der Waals surface area (Å²) in [5, 5.41) is 4.15. The molecule has 0 aliphatic carbocycles. The normalized spacial score (nSPS) is 17.9. The van der Waals surface area contributed by atoms with Crippen LogP contribution in [0.25, 0.3) is 0 Å². The molecular weight excluding hydrogens is 190 g/mol. The molecule has 84 valence electrons. The Kier molecular flexibility index (Phi) is 2.56. The molecule has 1 aromatic rings. The van der Waals surface area contributed by atoms with Crippen molar-refractivity contribution in [1.82, 2.24) is 10.1 Å².